The highest BCUT2D eigenvalue weighted by atomic mass is 79.9. The number of hydrogen-bond acceptors (Lipinski definition) is 3. The van der Waals surface area contributed by atoms with Crippen LogP contribution in [0.15, 0.2) is 34.8 Å². The Bertz CT molecular complexity index is 627. The van der Waals surface area contributed by atoms with E-state index in [1.807, 2.05) is 30.3 Å². The number of nitrogens with two attached hydrogens (primary N) is 1. The van der Waals surface area contributed by atoms with Crippen molar-refractivity contribution in [3.63, 3.8) is 0 Å². The third-order valence-electron chi connectivity index (χ3n) is 2.96. The van der Waals surface area contributed by atoms with Crippen LogP contribution in [0, 0.1) is 0 Å². The number of benzene rings is 2. The van der Waals surface area contributed by atoms with E-state index in [0.29, 0.717) is 5.75 Å². The van der Waals surface area contributed by atoms with Crippen molar-refractivity contribution in [1.29, 1.82) is 0 Å². The molecule has 100 valence electrons. The number of aliphatic carboxylic acids is 1. The number of halogens is 1. The van der Waals surface area contributed by atoms with Gasteiger partial charge in [0.2, 0.25) is 0 Å². The van der Waals surface area contributed by atoms with Crippen molar-refractivity contribution in [2.75, 3.05) is 7.11 Å². The summed E-state index contributed by atoms with van der Waals surface area (Å²) in [6.45, 7) is 0. The first-order valence-corrected chi connectivity index (χ1v) is 6.55. The summed E-state index contributed by atoms with van der Waals surface area (Å²) in [7, 11) is 1.57. The minimum atomic E-state index is -1.02. The number of hydrogen-bond donors (Lipinski definition) is 2. The van der Waals surface area contributed by atoms with Gasteiger partial charge in [-0.3, -0.25) is 4.79 Å². The topological polar surface area (TPSA) is 72.5 Å². The Balaban J connectivity index is 2.49. The second-order valence-electron chi connectivity index (χ2n) is 4.30. The molecule has 3 N–H and O–H groups in total. The number of ether oxygens (including phenoxy) is 1. The summed E-state index contributed by atoms with van der Waals surface area (Å²) < 4.78 is 6.28. The molecular formula is C14H14BrNO3. The second-order valence-corrected chi connectivity index (χ2v) is 5.22. The van der Waals surface area contributed by atoms with Crippen molar-refractivity contribution in [2.45, 2.75) is 12.5 Å². The molecule has 0 heterocycles. The fraction of sp³-hybridized carbons (Fsp3) is 0.214. The lowest BCUT2D eigenvalue weighted by molar-refractivity contribution is -0.138. The number of carboxylic acid groups (broad SMARTS) is 1. The van der Waals surface area contributed by atoms with Gasteiger partial charge in [-0.15, -0.1) is 0 Å². The summed E-state index contributed by atoms with van der Waals surface area (Å²) in [6.07, 6.45) is 0.237. The molecule has 0 fully saturated rings. The summed E-state index contributed by atoms with van der Waals surface area (Å²) >= 11 is 3.42. The van der Waals surface area contributed by atoms with Gasteiger partial charge < -0.3 is 15.6 Å². The van der Waals surface area contributed by atoms with Crippen molar-refractivity contribution in [3.05, 3.63) is 40.4 Å². The van der Waals surface area contributed by atoms with Gasteiger partial charge in [-0.2, -0.15) is 0 Å². The second kappa shape index (κ2) is 5.59. The van der Waals surface area contributed by atoms with Crippen molar-refractivity contribution < 1.29 is 14.6 Å². The molecule has 4 nitrogen and oxygen atoms in total. The lowest BCUT2D eigenvalue weighted by Crippen LogP contribution is -2.32. The van der Waals surface area contributed by atoms with Crippen LogP contribution < -0.4 is 10.5 Å². The Morgan fingerprint density at radius 1 is 1.37 bits per heavy atom. The van der Waals surface area contributed by atoms with E-state index in [2.05, 4.69) is 15.9 Å². The van der Waals surface area contributed by atoms with Crippen LogP contribution in [0.4, 0.5) is 0 Å². The lowest BCUT2D eigenvalue weighted by Gasteiger charge is -2.13. The van der Waals surface area contributed by atoms with Crippen LogP contribution in [-0.2, 0) is 11.2 Å². The first kappa shape index (κ1) is 13.8. The van der Waals surface area contributed by atoms with E-state index in [1.165, 1.54) is 0 Å². The molecule has 1 atom stereocenters. The molecule has 5 heteroatoms. The molecule has 0 aliphatic carbocycles. The predicted octanol–water partition coefficient (Wildman–Crippen LogP) is 2.57. The van der Waals surface area contributed by atoms with Gasteiger partial charge in [-0.25, -0.2) is 0 Å². The van der Waals surface area contributed by atoms with Crippen LogP contribution in [0.2, 0.25) is 0 Å². The summed E-state index contributed by atoms with van der Waals surface area (Å²) in [5.41, 5.74) is 6.38. The normalized spacial score (nSPS) is 12.4. The van der Waals surface area contributed by atoms with Gasteiger partial charge in [0.05, 0.1) is 7.11 Å². The van der Waals surface area contributed by atoms with Crippen molar-refractivity contribution >= 4 is 32.7 Å². The van der Waals surface area contributed by atoms with E-state index in [4.69, 9.17) is 15.6 Å². The van der Waals surface area contributed by atoms with Gasteiger partial charge in [-0.05, 0) is 40.6 Å². The number of carbonyl (C=O) groups is 1. The molecule has 0 radical (unpaired) electrons. The first-order valence-electron chi connectivity index (χ1n) is 5.76. The number of methoxy groups -OCH3 is 1. The zero-order chi connectivity index (χ0) is 14.0. The number of rotatable bonds is 4. The van der Waals surface area contributed by atoms with Gasteiger partial charge >= 0.3 is 5.97 Å². The average Bonchev–Trinajstić information content (AvgIpc) is 2.37. The quantitative estimate of drug-likeness (QED) is 0.907. The van der Waals surface area contributed by atoms with E-state index >= 15 is 0 Å². The van der Waals surface area contributed by atoms with Crippen LogP contribution in [0.1, 0.15) is 5.56 Å². The molecule has 0 bridgehead atoms. The van der Waals surface area contributed by atoms with E-state index in [9.17, 15) is 4.79 Å². The standard InChI is InChI=1S/C14H14BrNO3/c1-19-13-7-8-2-3-11(15)5-9(8)4-10(13)6-12(16)14(17)18/h2-5,7,12H,6,16H2,1H3,(H,17,18). The molecule has 19 heavy (non-hydrogen) atoms. The van der Waals surface area contributed by atoms with Gasteiger partial charge in [0.15, 0.2) is 0 Å². The van der Waals surface area contributed by atoms with Gasteiger partial charge in [0, 0.05) is 10.9 Å². The molecule has 0 spiro atoms. The van der Waals surface area contributed by atoms with Crippen LogP contribution in [0.3, 0.4) is 0 Å². The monoisotopic (exact) mass is 323 g/mol. The van der Waals surface area contributed by atoms with Crippen LogP contribution >= 0.6 is 15.9 Å². The lowest BCUT2D eigenvalue weighted by atomic mass is 10.0. The maximum atomic E-state index is 10.8. The highest BCUT2D eigenvalue weighted by Crippen LogP contribution is 2.28. The molecule has 2 rings (SSSR count). The Morgan fingerprint density at radius 2 is 2.11 bits per heavy atom. The molecule has 0 aromatic heterocycles. The molecule has 2 aromatic carbocycles. The fourth-order valence-electron chi connectivity index (χ4n) is 1.97. The molecule has 1 unspecified atom stereocenters. The van der Waals surface area contributed by atoms with Crippen LogP contribution in [-0.4, -0.2) is 24.2 Å². The average molecular weight is 324 g/mol. The Labute approximate surface area is 119 Å². The predicted molar refractivity (Wildman–Crippen MR) is 77.5 cm³/mol. The van der Waals surface area contributed by atoms with E-state index in [-0.39, 0.29) is 6.42 Å². The van der Waals surface area contributed by atoms with Crippen LogP contribution in [0.5, 0.6) is 5.75 Å². The van der Waals surface area contributed by atoms with Crippen molar-refractivity contribution in [2.24, 2.45) is 5.73 Å². The molecule has 0 saturated heterocycles. The zero-order valence-corrected chi connectivity index (χ0v) is 12.0. The summed E-state index contributed by atoms with van der Waals surface area (Å²) in [5.74, 6) is -0.358. The first-order chi connectivity index (χ1) is 9.01. The Hall–Kier alpha value is -1.59. The SMILES string of the molecule is COc1cc2ccc(Br)cc2cc1CC(N)C(=O)O. The largest absolute Gasteiger partial charge is 0.496 e. The molecule has 0 amide bonds. The van der Waals surface area contributed by atoms with E-state index < -0.39 is 12.0 Å². The summed E-state index contributed by atoms with van der Waals surface area (Å²) in [6, 6.07) is 8.78. The van der Waals surface area contributed by atoms with E-state index in [0.717, 1.165) is 20.8 Å². The Morgan fingerprint density at radius 3 is 2.74 bits per heavy atom. The van der Waals surface area contributed by atoms with Crippen molar-refractivity contribution in [1.82, 2.24) is 0 Å². The maximum absolute atomic E-state index is 10.8. The summed E-state index contributed by atoms with van der Waals surface area (Å²) in [4.78, 5) is 10.8. The fourth-order valence-corrected chi connectivity index (χ4v) is 2.35. The minimum absolute atomic E-state index is 0.237. The van der Waals surface area contributed by atoms with Crippen LogP contribution in [0.25, 0.3) is 10.8 Å². The molecule has 0 saturated carbocycles. The highest BCUT2D eigenvalue weighted by molar-refractivity contribution is 9.10. The number of fused-ring (bicyclic) bond motifs is 1. The number of carboxylic acids is 1. The smallest absolute Gasteiger partial charge is 0.320 e. The molecular weight excluding hydrogens is 310 g/mol. The van der Waals surface area contributed by atoms with Gasteiger partial charge in [0.1, 0.15) is 11.8 Å². The highest BCUT2D eigenvalue weighted by Gasteiger charge is 2.15. The Kier molecular flexibility index (Phi) is 4.07. The zero-order valence-electron chi connectivity index (χ0n) is 10.4. The molecule has 0 aliphatic rings. The third kappa shape index (κ3) is 3.05. The van der Waals surface area contributed by atoms with Crippen molar-refractivity contribution in [3.8, 4) is 5.75 Å². The molecule has 0 aliphatic heterocycles. The third-order valence-corrected chi connectivity index (χ3v) is 3.45. The van der Waals surface area contributed by atoms with Gasteiger partial charge in [-0.1, -0.05) is 22.0 Å². The minimum Gasteiger partial charge on any atom is -0.496 e. The van der Waals surface area contributed by atoms with E-state index in [1.54, 1.807) is 7.11 Å². The summed E-state index contributed by atoms with van der Waals surface area (Å²) in [5, 5.41) is 10.9. The molecule has 2 aromatic rings. The maximum Gasteiger partial charge on any atom is 0.320 e. The van der Waals surface area contributed by atoms with Gasteiger partial charge in [0.25, 0.3) is 0 Å².